The summed E-state index contributed by atoms with van der Waals surface area (Å²) in [4.78, 5) is 25.3. The SMILES string of the molecule is Cc1c(C(=O)NCCN2CCNC2=O)nnn1-c1cccc(C(F)(F)F)c1. The van der Waals surface area contributed by atoms with E-state index in [1.165, 1.54) is 16.8 Å². The van der Waals surface area contributed by atoms with Crippen molar-refractivity contribution in [2.75, 3.05) is 26.2 Å². The summed E-state index contributed by atoms with van der Waals surface area (Å²) in [6, 6.07) is 4.42. The summed E-state index contributed by atoms with van der Waals surface area (Å²) in [7, 11) is 0. The highest BCUT2D eigenvalue weighted by atomic mass is 19.4. The summed E-state index contributed by atoms with van der Waals surface area (Å²) in [5, 5.41) is 12.9. The predicted octanol–water partition coefficient (Wildman–Crippen LogP) is 1.35. The van der Waals surface area contributed by atoms with Crippen molar-refractivity contribution in [1.29, 1.82) is 0 Å². The van der Waals surface area contributed by atoms with Crippen LogP contribution in [0, 0.1) is 6.92 Å². The predicted molar refractivity (Wildman–Crippen MR) is 88.4 cm³/mol. The van der Waals surface area contributed by atoms with E-state index in [1.54, 1.807) is 11.8 Å². The van der Waals surface area contributed by atoms with Crippen LogP contribution in [0.2, 0.25) is 0 Å². The van der Waals surface area contributed by atoms with Crippen molar-refractivity contribution < 1.29 is 22.8 Å². The molecule has 1 fully saturated rings. The van der Waals surface area contributed by atoms with Crippen LogP contribution in [0.5, 0.6) is 0 Å². The lowest BCUT2D eigenvalue weighted by Crippen LogP contribution is -2.37. The van der Waals surface area contributed by atoms with Crippen LogP contribution in [-0.2, 0) is 6.18 Å². The molecular formula is C16H17F3N6O2. The van der Waals surface area contributed by atoms with Crippen molar-refractivity contribution in [1.82, 2.24) is 30.5 Å². The highest BCUT2D eigenvalue weighted by Crippen LogP contribution is 2.30. The van der Waals surface area contributed by atoms with Gasteiger partial charge in [-0.2, -0.15) is 13.2 Å². The van der Waals surface area contributed by atoms with E-state index in [2.05, 4.69) is 20.9 Å². The summed E-state index contributed by atoms with van der Waals surface area (Å²) in [6.45, 7) is 3.25. The van der Waals surface area contributed by atoms with Gasteiger partial charge in [0.2, 0.25) is 0 Å². The lowest BCUT2D eigenvalue weighted by atomic mass is 10.2. The number of amides is 3. The minimum absolute atomic E-state index is 0.0123. The standard InChI is InChI=1S/C16H17F3N6O2/c1-10-13(14(26)20-5-7-24-8-6-21-15(24)27)22-23-25(10)12-4-2-3-11(9-12)16(17,18)19/h2-4,9H,5-8H2,1H3,(H,20,26)(H,21,27). The van der Waals surface area contributed by atoms with Gasteiger partial charge in [-0.1, -0.05) is 11.3 Å². The average molecular weight is 382 g/mol. The van der Waals surface area contributed by atoms with E-state index in [0.717, 1.165) is 12.1 Å². The highest BCUT2D eigenvalue weighted by molar-refractivity contribution is 5.93. The molecule has 11 heteroatoms. The molecular weight excluding hydrogens is 365 g/mol. The van der Waals surface area contributed by atoms with Crippen LogP contribution in [0.15, 0.2) is 24.3 Å². The van der Waals surface area contributed by atoms with Crippen molar-refractivity contribution in [2.45, 2.75) is 13.1 Å². The van der Waals surface area contributed by atoms with Gasteiger partial charge in [0.25, 0.3) is 5.91 Å². The molecule has 0 radical (unpaired) electrons. The minimum Gasteiger partial charge on any atom is -0.349 e. The van der Waals surface area contributed by atoms with Crippen molar-refractivity contribution in [3.8, 4) is 5.69 Å². The number of aromatic nitrogens is 3. The van der Waals surface area contributed by atoms with Gasteiger partial charge in [0.05, 0.1) is 16.9 Å². The Kier molecular flexibility index (Phi) is 5.02. The zero-order chi connectivity index (χ0) is 19.6. The van der Waals surface area contributed by atoms with Gasteiger partial charge < -0.3 is 15.5 Å². The molecule has 0 aliphatic carbocycles. The Bertz CT molecular complexity index is 864. The molecule has 0 bridgehead atoms. The fourth-order valence-electron chi connectivity index (χ4n) is 2.71. The first-order valence-electron chi connectivity index (χ1n) is 8.18. The molecule has 0 saturated carbocycles. The van der Waals surface area contributed by atoms with Gasteiger partial charge in [-0.15, -0.1) is 5.10 Å². The highest BCUT2D eigenvalue weighted by Gasteiger charge is 2.31. The molecule has 0 unspecified atom stereocenters. The Labute approximate surface area is 152 Å². The van der Waals surface area contributed by atoms with E-state index in [1.807, 2.05) is 0 Å². The van der Waals surface area contributed by atoms with Crippen LogP contribution >= 0.6 is 0 Å². The van der Waals surface area contributed by atoms with Crippen LogP contribution in [0.1, 0.15) is 21.7 Å². The maximum atomic E-state index is 12.9. The molecule has 1 aliphatic heterocycles. The van der Waals surface area contributed by atoms with Gasteiger partial charge in [0, 0.05) is 26.2 Å². The Balaban J connectivity index is 1.69. The number of nitrogens with zero attached hydrogens (tertiary/aromatic N) is 4. The fraction of sp³-hybridized carbons (Fsp3) is 0.375. The molecule has 3 amide bonds. The van der Waals surface area contributed by atoms with E-state index in [4.69, 9.17) is 0 Å². The summed E-state index contributed by atoms with van der Waals surface area (Å²) < 4.78 is 39.8. The zero-order valence-corrected chi connectivity index (χ0v) is 14.4. The summed E-state index contributed by atoms with van der Waals surface area (Å²) in [6.07, 6.45) is -4.48. The monoisotopic (exact) mass is 382 g/mol. The smallest absolute Gasteiger partial charge is 0.349 e. The number of rotatable bonds is 5. The first-order chi connectivity index (χ1) is 12.8. The van der Waals surface area contributed by atoms with Crippen molar-refractivity contribution in [3.05, 3.63) is 41.2 Å². The maximum absolute atomic E-state index is 12.9. The molecule has 1 aromatic heterocycles. The molecule has 1 saturated heterocycles. The number of nitrogens with one attached hydrogen (secondary N) is 2. The van der Waals surface area contributed by atoms with Crippen LogP contribution in [0.25, 0.3) is 5.69 Å². The summed E-state index contributed by atoms with van der Waals surface area (Å²) in [5.41, 5.74) is -0.337. The van der Waals surface area contributed by atoms with Crippen molar-refractivity contribution in [3.63, 3.8) is 0 Å². The normalized spacial score (nSPS) is 14.4. The second-order valence-electron chi connectivity index (χ2n) is 5.96. The van der Waals surface area contributed by atoms with E-state index < -0.39 is 17.6 Å². The first-order valence-corrected chi connectivity index (χ1v) is 8.18. The molecule has 1 aromatic carbocycles. The lowest BCUT2D eigenvalue weighted by molar-refractivity contribution is -0.137. The molecule has 144 valence electrons. The number of hydrogen-bond donors (Lipinski definition) is 2. The molecule has 2 N–H and O–H groups in total. The van der Waals surface area contributed by atoms with E-state index in [9.17, 15) is 22.8 Å². The quantitative estimate of drug-likeness (QED) is 0.817. The second-order valence-corrected chi connectivity index (χ2v) is 5.96. The van der Waals surface area contributed by atoms with Gasteiger partial charge in [-0.3, -0.25) is 4.79 Å². The third kappa shape index (κ3) is 4.01. The van der Waals surface area contributed by atoms with Gasteiger partial charge in [0.15, 0.2) is 5.69 Å². The van der Waals surface area contributed by atoms with Crippen molar-refractivity contribution in [2.24, 2.45) is 0 Å². The van der Waals surface area contributed by atoms with Gasteiger partial charge >= 0.3 is 12.2 Å². The molecule has 8 nitrogen and oxygen atoms in total. The number of halogens is 3. The molecule has 0 atom stereocenters. The number of urea groups is 1. The topological polar surface area (TPSA) is 92.2 Å². The van der Waals surface area contributed by atoms with E-state index in [0.29, 0.717) is 25.3 Å². The first kappa shape index (κ1) is 18.7. The fourth-order valence-corrected chi connectivity index (χ4v) is 2.71. The van der Waals surface area contributed by atoms with Crippen LogP contribution in [0.4, 0.5) is 18.0 Å². The molecule has 2 aromatic rings. The Hall–Kier alpha value is -3.11. The Morgan fingerprint density at radius 1 is 1.37 bits per heavy atom. The van der Waals surface area contributed by atoms with Crippen LogP contribution < -0.4 is 10.6 Å². The lowest BCUT2D eigenvalue weighted by Gasteiger charge is -2.14. The van der Waals surface area contributed by atoms with Gasteiger partial charge in [-0.05, 0) is 25.1 Å². The van der Waals surface area contributed by atoms with Crippen LogP contribution in [-0.4, -0.2) is 58.0 Å². The number of carbonyl (C=O) groups excluding carboxylic acids is 2. The molecule has 27 heavy (non-hydrogen) atoms. The summed E-state index contributed by atoms with van der Waals surface area (Å²) in [5.74, 6) is -0.509. The third-order valence-electron chi connectivity index (χ3n) is 4.14. The Morgan fingerprint density at radius 2 is 2.15 bits per heavy atom. The number of hydrogen-bond acceptors (Lipinski definition) is 4. The third-order valence-corrected chi connectivity index (χ3v) is 4.14. The summed E-state index contributed by atoms with van der Waals surface area (Å²) >= 11 is 0. The number of alkyl halides is 3. The maximum Gasteiger partial charge on any atom is 0.416 e. The molecule has 2 heterocycles. The molecule has 3 rings (SSSR count). The number of benzene rings is 1. The molecule has 1 aliphatic rings. The second kappa shape index (κ2) is 7.25. The minimum atomic E-state index is -4.48. The van der Waals surface area contributed by atoms with Crippen molar-refractivity contribution >= 4 is 11.9 Å². The number of carbonyl (C=O) groups is 2. The largest absolute Gasteiger partial charge is 0.416 e. The Morgan fingerprint density at radius 3 is 2.81 bits per heavy atom. The van der Waals surface area contributed by atoms with E-state index >= 15 is 0 Å². The molecule has 0 spiro atoms. The van der Waals surface area contributed by atoms with E-state index in [-0.39, 0.29) is 24.0 Å². The van der Waals surface area contributed by atoms with Gasteiger partial charge in [-0.25, -0.2) is 9.48 Å². The van der Waals surface area contributed by atoms with Gasteiger partial charge in [0.1, 0.15) is 0 Å². The average Bonchev–Trinajstić information content (AvgIpc) is 3.20. The zero-order valence-electron chi connectivity index (χ0n) is 14.4. The van der Waals surface area contributed by atoms with Crippen LogP contribution in [0.3, 0.4) is 0 Å².